The van der Waals surface area contributed by atoms with Crippen LogP contribution in [0.15, 0.2) is 24.3 Å². The average Bonchev–Trinajstić information content (AvgIpc) is 2.42. The molecule has 1 aliphatic rings. The Labute approximate surface area is 120 Å². The number of carbonyl (C=O) groups excluding carboxylic acids is 1. The molecule has 1 aromatic carbocycles. The van der Waals surface area contributed by atoms with Crippen LogP contribution in [0, 0.1) is 5.41 Å². The monoisotopic (exact) mass is 276 g/mol. The molecule has 4 heteroatoms. The minimum Gasteiger partial charge on any atom is -0.395 e. The van der Waals surface area contributed by atoms with Gasteiger partial charge in [0.15, 0.2) is 0 Å². The zero-order chi connectivity index (χ0) is 14.8. The van der Waals surface area contributed by atoms with E-state index >= 15 is 0 Å². The molecule has 1 unspecified atom stereocenters. The molecule has 4 nitrogen and oxygen atoms in total. The normalized spacial score (nSPS) is 20.1. The Balaban J connectivity index is 2.22. The van der Waals surface area contributed by atoms with Gasteiger partial charge in [-0.3, -0.25) is 0 Å². The number of carbonyl (C=O) groups is 1. The number of rotatable bonds is 3. The summed E-state index contributed by atoms with van der Waals surface area (Å²) in [4.78, 5) is 13.7. The third-order valence-electron chi connectivity index (χ3n) is 4.24. The number of amides is 2. The first-order valence-corrected chi connectivity index (χ1v) is 7.16. The van der Waals surface area contributed by atoms with E-state index in [-0.39, 0.29) is 24.1 Å². The van der Waals surface area contributed by atoms with E-state index in [0.717, 1.165) is 12.8 Å². The minimum absolute atomic E-state index is 0.0149. The highest BCUT2D eigenvalue weighted by Gasteiger charge is 2.37. The largest absolute Gasteiger partial charge is 0.395 e. The number of nitrogens with zero attached hydrogens (tertiary/aromatic N) is 1. The van der Waals surface area contributed by atoms with E-state index in [1.807, 2.05) is 12.1 Å². The topological polar surface area (TPSA) is 52.6 Å². The molecule has 1 aliphatic carbocycles. The smallest absolute Gasteiger partial charge is 0.317 e. The third-order valence-corrected chi connectivity index (χ3v) is 4.24. The highest BCUT2D eigenvalue weighted by Crippen LogP contribution is 2.43. The number of urea groups is 1. The van der Waals surface area contributed by atoms with Crippen molar-refractivity contribution in [3.63, 3.8) is 0 Å². The highest BCUT2D eigenvalue weighted by atomic mass is 16.3. The molecule has 0 radical (unpaired) electrons. The number of nitrogens with one attached hydrogen (secondary N) is 1. The molecule has 0 spiro atoms. The molecule has 0 bridgehead atoms. The second-order valence-corrected chi connectivity index (χ2v) is 6.22. The van der Waals surface area contributed by atoms with Crippen LogP contribution in [0.2, 0.25) is 0 Å². The van der Waals surface area contributed by atoms with Crippen molar-refractivity contribution >= 4 is 6.03 Å². The molecule has 1 atom stereocenters. The molecule has 0 aliphatic heterocycles. The molecule has 20 heavy (non-hydrogen) atoms. The van der Waals surface area contributed by atoms with E-state index < -0.39 is 0 Å². The van der Waals surface area contributed by atoms with Gasteiger partial charge in [-0.2, -0.15) is 0 Å². The minimum atomic E-state index is -0.131. The number of aliphatic hydroxyl groups excluding tert-OH is 1. The molecule has 0 fully saturated rings. The van der Waals surface area contributed by atoms with Gasteiger partial charge in [0, 0.05) is 13.6 Å². The van der Waals surface area contributed by atoms with Crippen LogP contribution in [0.5, 0.6) is 0 Å². The summed E-state index contributed by atoms with van der Waals surface area (Å²) in [7, 11) is 1.70. The first-order chi connectivity index (χ1) is 9.45. The van der Waals surface area contributed by atoms with Crippen LogP contribution in [-0.2, 0) is 6.42 Å². The zero-order valence-electron chi connectivity index (χ0n) is 12.5. The molecule has 1 aromatic rings. The first-order valence-electron chi connectivity index (χ1n) is 7.16. The van der Waals surface area contributed by atoms with Crippen molar-refractivity contribution < 1.29 is 9.90 Å². The zero-order valence-corrected chi connectivity index (χ0v) is 12.5. The predicted molar refractivity (Wildman–Crippen MR) is 79.5 cm³/mol. The quantitative estimate of drug-likeness (QED) is 0.890. The summed E-state index contributed by atoms with van der Waals surface area (Å²) < 4.78 is 0. The Kier molecular flexibility index (Phi) is 4.33. The fraction of sp³-hybridized carbons (Fsp3) is 0.562. The highest BCUT2D eigenvalue weighted by molar-refractivity contribution is 5.74. The molecule has 0 heterocycles. The average molecular weight is 276 g/mol. The van der Waals surface area contributed by atoms with Crippen molar-refractivity contribution in [1.29, 1.82) is 0 Å². The number of aliphatic hydroxyl groups is 1. The van der Waals surface area contributed by atoms with Crippen LogP contribution in [0.4, 0.5) is 4.79 Å². The number of hydrogen-bond donors (Lipinski definition) is 2. The van der Waals surface area contributed by atoms with Crippen molar-refractivity contribution in [1.82, 2.24) is 10.2 Å². The second-order valence-electron chi connectivity index (χ2n) is 6.22. The third kappa shape index (κ3) is 2.96. The van der Waals surface area contributed by atoms with Crippen LogP contribution in [0.3, 0.4) is 0 Å². The Bertz CT molecular complexity index is 485. The number of benzene rings is 1. The summed E-state index contributed by atoms with van der Waals surface area (Å²) in [6.45, 7) is 4.72. The first kappa shape index (κ1) is 14.9. The maximum atomic E-state index is 12.2. The van der Waals surface area contributed by atoms with Gasteiger partial charge in [0.25, 0.3) is 0 Å². The van der Waals surface area contributed by atoms with Crippen molar-refractivity contribution in [2.24, 2.45) is 5.41 Å². The maximum absolute atomic E-state index is 12.2. The van der Waals surface area contributed by atoms with Crippen molar-refractivity contribution in [3.05, 3.63) is 35.4 Å². The van der Waals surface area contributed by atoms with Crippen LogP contribution in [0.1, 0.15) is 37.4 Å². The van der Waals surface area contributed by atoms with Gasteiger partial charge in [-0.1, -0.05) is 38.1 Å². The van der Waals surface area contributed by atoms with Crippen molar-refractivity contribution in [2.45, 2.75) is 32.7 Å². The molecule has 0 saturated carbocycles. The van der Waals surface area contributed by atoms with Gasteiger partial charge in [-0.05, 0) is 29.4 Å². The summed E-state index contributed by atoms with van der Waals surface area (Å²) >= 11 is 0. The van der Waals surface area contributed by atoms with E-state index in [1.165, 1.54) is 16.0 Å². The Hall–Kier alpha value is -1.55. The number of hydrogen-bond acceptors (Lipinski definition) is 2. The van der Waals surface area contributed by atoms with Gasteiger partial charge in [0.1, 0.15) is 0 Å². The van der Waals surface area contributed by atoms with E-state index in [4.69, 9.17) is 5.11 Å². The van der Waals surface area contributed by atoms with E-state index in [1.54, 1.807) is 7.05 Å². The fourth-order valence-corrected chi connectivity index (χ4v) is 2.82. The molecular weight excluding hydrogens is 252 g/mol. The van der Waals surface area contributed by atoms with E-state index in [9.17, 15) is 4.79 Å². The number of fused-ring (bicyclic) bond motifs is 1. The SMILES string of the molecule is CN(CCO)C(=O)NC1c2ccccc2CCC1(C)C. The molecule has 110 valence electrons. The van der Waals surface area contributed by atoms with E-state index in [2.05, 4.69) is 31.3 Å². The summed E-state index contributed by atoms with van der Waals surface area (Å²) in [5, 5.41) is 12.1. The summed E-state index contributed by atoms with van der Waals surface area (Å²) in [6.07, 6.45) is 2.11. The lowest BCUT2D eigenvalue weighted by molar-refractivity contribution is 0.164. The second kappa shape index (κ2) is 5.83. The Morgan fingerprint density at radius 1 is 1.45 bits per heavy atom. The van der Waals surface area contributed by atoms with Crippen LogP contribution < -0.4 is 5.32 Å². The number of likely N-dealkylation sites (N-methyl/N-ethyl adjacent to an activating group) is 1. The summed E-state index contributed by atoms with van der Waals surface area (Å²) in [6, 6.07) is 8.20. The maximum Gasteiger partial charge on any atom is 0.317 e. The molecule has 2 amide bonds. The van der Waals surface area contributed by atoms with Gasteiger partial charge in [0.2, 0.25) is 0 Å². The van der Waals surface area contributed by atoms with Crippen LogP contribution >= 0.6 is 0 Å². The Morgan fingerprint density at radius 3 is 2.85 bits per heavy atom. The molecule has 0 aromatic heterocycles. The van der Waals surface area contributed by atoms with Gasteiger partial charge >= 0.3 is 6.03 Å². The van der Waals surface area contributed by atoms with Crippen LogP contribution in [0.25, 0.3) is 0 Å². The fourth-order valence-electron chi connectivity index (χ4n) is 2.82. The van der Waals surface area contributed by atoms with Gasteiger partial charge < -0.3 is 15.3 Å². The lowest BCUT2D eigenvalue weighted by Crippen LogP contribution is -2.46. The standard InChI is InChI=1S/C16H24N2O2/c1-16(2)9-8-12-6-4-5-7-13(12)14(16)17-15(20)18(3)10-11-19/h4-7,14,19H,8-11H2,1-3H3,(H,17,20). The van der Waals surface area contributed by atoms with Gasteiger partial charge in [0.05, 0.1) is 12.6 Å². The van der Waals surface area contributed by atoms with Gasteiger partial charge in [-0.15, -0.1) is 0 Å². The van der Waals surface area contributed by atoms with Crippen molar-refractivity contribution in [2.75, 3.05) is 20.2 Å². The number of aryl methyl sites for hydroxylation is 1. The molecular formula is C16H24N2O2. The lowest BCUT2D eigenvalue weighted by atomic mass is 9.70. The van der Waals surface area contributed by atoms with Crippen LogP contribution in [-0.4, -0.2) is 36.2 Å². The van der Waals surface area contributed by atoms with E-state index in [0.29, 0.717) is 6.54 Å². The lowest BCUT2D eigenvalue weighted by Gasteiger charge is -2.41. The molecule has 2 rings (SSSR count). The summed E-state index contributed by atoms with van der Waals surface area (Å²) in [5.41, 5.74) is 2.57. The van der Waals surface area contributed by atoms with Gasteiger partial charge in [-0.25, -0.2) is 4.79 Å². The summed E-state index contributed by atoms with van der Waals surface area (Å²) in [5.74, 6) is 0. The Morgan fingerprint density at radius 2 is 2.15 bits per heavy atom. The predicted octanol–water partition coefficient (Wildman–Crippen LogP) is 2.33. The molecule has 2 N–H and O–H groups in total. The van der Waals surface area contributed by atoms with Crippen molar-refractivity contribution in [3.8, 4) is 0 Å². The molecule has 0 saturated heterocycles.